The second-order valence-electron chi connectivity index (χ2n) is 10.9. The van der Waals surface area contributed by atoms with E-state index in [1.165, 1.54) is 23.0 Å². The number of hydrogen-bond donors (Lipinski definition) is 3. The average Bonchev–Trinajstić information content (AvgIpc) is 2.97. The van der Waals surface area contributed by atoms with Crippen LogP contribution in [0.1, 0.15) is 70.7 Å². The molecule has 3 aromatic heterocycles. The highest BCUT2D eigenvalue weighted by molar-refractivity contribution is 5.88. The molecule has 3 atom stereocenters. The number of rotatable bonds is 7. The summed E-state index contributed by atoms with van der Waals surface area (Å²) in [4.78, 5) is 29.6. The van der Waals surface area contributed by atoms with Gasteiger partial charge in [0.2, 0.25) is 5.69 Å². The topological polar surface area (TPSA) is 120 Å². The fraction of sp³-hybridized carbons (Fsp3) is 0.433. The zero-order valence-corrected chi connectivity index (χ0v) is 24.4. The molecule has 0 spiro atoms. The lowest BCUT2D eigenvalue weighted by Gasteiger charge is -2.35. The SMILES string of the molecule is CCC(C)c1ncnc(C(C)CC)c1-n1c(=O)nc(N2CCNC[C@@H]2C)c2cc(F)c(-c3c(O)cccc3F)[n+](O)c21. The molecule has 3 N–H and O–H groups in total. The Morgan fingerprint density at radius 3 is 2.38 bits per heavy atom. The average molecular weight is 581 g/mol. The number of phenols is 1. The zero-order valence-electron chi connectivity index (χ0n) is 24.4. The number of nitrogens with one attached hydrogen (secondary N) is 1. The molecule has 4 heterocycles. The van der Waals surface area contributed by atoms with Gasteiger partial charge in [0.1, 0.15) is 28.8 Å². The van der Waals surface area contributed by atoms with Gasteiger partial charge in [-0.25, -0.2) is 23.5 Å². The van der Waals surface area contributed by atoms with Crippen LogP contribution in [0, 0.1) is 11.6 Å². The predicted octanol–water partition coefficient (Wildman–Crippen LogP) is 4.18. The number of piperazine rings is 1. The molecule has 0 saturated carbocycles. The Labute approximate surface area is 242 Å². The van der Waals surface area contributed by atoms with E-state index in [0.29, 0.717) is 54.3 Å². The maximum atomic E-state index is 16.0. The maximum absolute atomic E-state index is 16.0. The Balaban J connectivity index is 2.00. The van der Waals surface area contributed by atoms with Crippen molar-refractivity contribution < 1.29 is 23.8 Å². The van der Waals surface area contributed by atoms with Crippen LogP contribution in [0.5, 0.6) is 5.75 Å². The van der Waals surface area contributed by atoms with Gasteiger partial charge < -0.3 is 20.5 Å². The highest BCUT2D eigenvalue weighted by Crippen LogP contribution is 2.36. The van der Waals surface area contributed by atoms with Gasteiger partial charge in [-0.3, -0.25) is 0 Å². The number of nitrogens with zero attached hydrogens (tertiary/aromatic N) is 6. The number of fused-ring (bicyclic) bond motifs is 1. The molecule has 0 amide bonds. The van der Waals surface area contributed by atoms with Crippen LogP contribution in [-0.4, -0.2) is 55.5 Å². The molecule has 222 valence electrons. The van der Waals surface area contributed by atoms with Crippen molar-refractivity contribution in [1.82, 2.24) is 24.8 Å². The molecule has 4 aromatic rings. The molecule has 0 bridgehead atoms. The summed E-state index contributed by atoms with van der Waals surface area (Å²) in [7, 11) is 0. The third-order valence-corrected chi connectivity index (χ3v) is 8.26. The maximum Gasteiger partial charge on any atom is 0.442 e. The summed E-state index contributed by atoms with van der Waals surface area (Å²) in [6, 6.07) is 4.56. The first kappa shape index (κ1) is 29.3. The summed E-state index contributed by atoms with van der Waals surface area (Å²) < 4.78 is 32.7. The number of aromatic nitrogens is 5. The van der Waals surface area contributed by atoms with Crippen molar-refractivity contribution in [2.24, 2.45) is 0 Å². The van der Waals surface area contributed by atoms with Gasteiger partial charge >= 0.3 is 11.3 Å². The molecule has 2 unspecified atom stereocenters. The molecule has 10 nitrogen and oxygen atoms in total. The Kier molecular flexibility index (Phi) is 8.09. The fourth-order valence-corrected chi connectivity index (χ4v) is 5.54. The van der Waals surface area contributed by atoms with Crippen LogP contribution in [0.15, 0.2) is 35.4 Å². The van der Waals surface area contributed by atoms with Crippen LogP contribution in [0.2, 0.25) is 0 Å². The number of hydrogen-bond acceptors (Lipinski definition) is 8. The van der Waals surface area contributed by atoms with Gasteiger partial charge in [-0.1, -0.05) is 33.8 Å². The van der Waals surface area contributed by atoms with Crippen LogP contribution >= 0.6 is 0 Å². The van der Waals surface area contributed by atoms with Gasteiger partial charge in [-0.05, 0) is 42.7 Å². The van der Waals surface area contributed by atoms with E-state index in [0.717, 1.165) is 12.1 Å². The molecule has 0 aliphatic carbocycles. The minimum atomic E-state index is -1.00. The van der Waals surface area contributed by atoms with Crippen LogP contribution in [0.3, 0.4) is 0 Å². The Hall–Kier alpha value is -4.19. The zero-order chi connectivity index (χ0) is 30.3. The molecule has 1 aliphatic heterocycles. The third-order valence-electron chi connectivity index (χ3n) is 8.26. The standard InChI is InChI=1S/C30H35F2N7O3/c1-6-16(3)24-27(25(17(4)7-2)35-15-34-24)38-29-19(28(36-30(38)41)37-12-11-33-14-18(37)5)13-21(32)26(39(29)42)23-20(31)9-8-10-22(23)40/h8-10,13,15-18,33,42H,6-7,11-12,14H2,1-5H3/p+1/t16?,17?,18-/m0/s1. The number of aromatic hydroxyl groups is 1. The molecular formula is C30H36F2N7O3+. The number of anilines is 1. The number of pyridine rings is 1. The molecule has 1 saturated heterocycles. The first-order valence-electron chi connectivity index (χ1n) is 14.3. The summed E-state index contributed by atoms with van der Waals surface area (Å²) in [5, 5.41) is 25.8. The molecular weight excluding hydrogens is 544 g/mol. The fourth-order valence-electron chi connectivity index (χ4n) is 5.54. The Morgan fingerprint density at radius 1 is 1.12 bits per heavy atom. The van der Waals surface area contributed by atoms with E-state index in [9.17, 15) is 15.1 Å². The molecule has 1 aliphatic rings. The summed E-state index contributed by atoms with van der Waals surface area (Å²) in [5.41, 5.74) is -0.567. The largest absolute Gasteiger partial charge is 0.507 e. The number of phenolic OH excluding ortho intramolecular Hbond substituents is 1. The van der Waals surface area contributed by atoms with Gasteiger partial charge in [0.15, 0.2) is 17.3 Å². The lowest BCUT2D eigenvalue weighted by Crippen LogP contribution is -2.51. The van der Waals surface area contributed by atoms with Gasteiger partial charge in [0, 0.05) is 37.5 Å². The monoisotopic (exact) mass is 580 g/mol. The van der Waals surface area contributed by atoms with E-state index in [1.807, 2.05) is 39.5 Å². The summed E-state index contributed by atoms with van der Waals surface area (Å²) in [5.74, 6) is -2.54. The second-order valence-corrected chi connectivity index (χ2v) is 10.9. The van der Waals surface area contributed by atoms with Gasteiger partial charge in [0.05, 0.1) is 11.4 Å². The van der Waals surface area contributed by atoms with E-state index in [-0.39, 0.29) is 34.7 Å². The van der Waals surface area contributed by atoms with E-state index >= 15 is 8.78 Å². The van der Waals surface area contributed by atoms with Gasteiger partial charge in [0.25, 0.3) is 0 Å². The van der Waals surface area contributed by atoms with Gasteiger partial charge in [-0.15, -0.1) is 4.57 Å². The van der Waals surface area contributed by atoms with E-state index in [1.54, 1.807) is 0 Å². The minimum Gasteiger partial charge on any atom is -0.507 e. The highest BCUT2D eigenvalue weighted by atomic mass is 19.1. The van der Waals surface area contributed by atoms with Crippen molar-refractivity contribution in [2.75, 3.05) is 24.5 Å². The first-order chi connectivity index (χ1) is 20.1. The molecule has 1 fully saturated rings. The van der Waals surface area contributed by atoms with Crippen LogP contribution in [0.25, 0.3) is 28.0 Å². The van der Waals surface area contributed by atoms with Crippen molar-refractivity contribution in [3.8, 4) is 22.7 Å². The van der Waals surface area contributed by atoms with E-state index in [2.05, 4.69) is 20.3 Å². The highest BCUT2D eigenvalue weighted by Gasteiger charge is 2.36. The van der Waals surface area contributed by atoms with Gasteiger partial charge in [-0.2, -0.15) is 4.98 Å². The van der Waals surface area contributed by atoms with E-state index in [4.69, 9.17) is 0 Å². The lowest BCUT2D eigenvalue weighted by molar-refractivity contribution is -0.878. The van der Waals surface area contributed by atoms with Crippen molar-refractivity contribution in [3.63, 3.8) is 0 Å². The number of halogens is 2. The molecule has 12 heteroatoms. The summed E-state index contributed by atoms with van der Waals surface area (Å²) in [6.45, 7) is 11.6. The normalized spacial score (nSPS) is 17.0. The third kappa shape index (κ3) is 4.83. The first-order valence-corrected chi connectivity index (χ1v) is 14.3. The van der Waals surface area contributed by atoms with Crippen LogP contribution in [-0.2, 0) is 0 Å². The quantitative estimate of drug-likeness (QED) is 0.220. The summed E-state index contributed by atoms with van der Waals surface area (Å²) in [6.07, 6.45) is 2.85. The Morgan fingerprint density at radius 2 is 1.79 bits per heavy atom. The number of benzene rings is 1. The Bertz CT molecular complexity index is 1660. The molecule has 0 radical (unpaired) electrons. The van der Waals surface area contributed by atoms with Crippen molar-refractivity contribution >= 4 is 16.9 Å². The summed E-state index contributed by atoms with van der Waals surface area (Å²) >= 11 is 0. The van der Waals surface area contributed by atoms with Crippen molar-refractivity contribution in [3.05, 3.63) is 64.1 Å². The lowest BCUT2D eigenvalue weighted by atomic mass is 9.96. The second kappa shape index (κ2) is 11.6. The smallest absolute Gasteiger partial charge is 0.442 e. The predicted molar refractivity (Wildman–Crippen MR) is 154 cm³/mol. The van der Waals surface area contributed by atoms with E-state index < -0.39 is 34.3 Å². The minimum absolute atomic E-state index is 0.0957. The van der Waals surface area contributed by atoms with Crippen LogP contribution in [0.4, 0.5) is 14.6 Å². The van der Waals surface area contributed by atoms with Crippen LogP contribution < -0.4 is 20.6 Å². The molecule has 5 rings (SSSR count). The van der Waals surface area contributed by atoms with Crippen molar-refractivity contribution in [2.45, 2.75) is 65.3 Å². The molecule has 42 heavy (non-hydrogen) atoms. The van der Waals surface area contributed by atoms with Crippen molar-refractivity contribution in [1.29, 1.82) is 0 Å². The molecule has 1 aromatic carbocycles.